The molecule has 0 spiro atoms. The molecule has 0 radical (unpaired) electrons. The first-order chi connectivity index (χ1) is 10.8. The SMILES string of the molecule is Brc1c(CNC[C@@H]2C[C@H]2c2ccccc2)nc2ccccn12. The lowest BCUT2D eigenvalue weighted by Crippen LogP contribution is -2.17. The predicted molar refractivity (Wildman–Crippen MR) is 91.9 cm³/mol. The number of rotatable bonds is 5. The Morgan fingerprint density at radius 1 is 1.14 bits per heavy atom. The molecule has 3 nitrogen and oxygen atoms in total. The van der Waals surface area contributed by atoms with E-state index in [1.807, 2.05) is 24.4 Å². The lowest BCUT2D eigenvalue weighted by molar-refractivity contribution is 0.620. The number of benzene rings is 1. The highest BCUT2D eigenvalue weighted by molar-refractivity contribution is 9.10. The minimum absolute atomic E-state index is 0.734. The molecule has 0 aliphatic heterocycles. The van der Waals surface area contributed by atoms with Gasteiger partial charge in [-0.05, 0) is 58.4 Å². The van der Waals surface area contributed by atoms with Crippen molar-refractivity contribution in [3.8, 4) is 0 Å². The maximum atomic E-state index is 4.66. The van der Waals surface area contributed by atoms with Crippen LogP contribution in [0, 0.1) is 5.92 Å². The number of hydrogen-bond acceptors (Lipinski definition) is 2. The number of nitrogens with zero attached hydrogens (tertiary/aromatic N) is 2. The zero-order chi connectivity index (χ0) is 14.9. The van der Waals surface area contributed by atoms with Crippen LogP contribution < -0.4 is 5.32 Å². The van der Waals surface area contributed by atoms with Gasteiger partial charge in [-0.15, -0.1) is 0 Å². The van der Waals surface area contributed by atoms with Crippen molar-refractivity contribution in [2.75, 3.05) is 6.54 Å². The third-order valence-electron chi connectivity index (χ3n) is 4.39. The second kappa shape index (κ2) is 5.86. The maximum absolute atomic E-state index is 4.66. The van der Waals surface area contributed by atoms with Crippen molar-refractivity contribution in [1.82, 2.24) is 14.7 Å². The second-order valence-electron chi connectivity index (χ2n) is 5.92. The van der Waals surface area contributed by atoms with Gasteiger partial charge in [0.25, 0.3) is 0 Å². The Morgan fingerprint density at radius 2 is 1.95 bits per heavy atom. The Kier molecular flexibility index (Phi) is 3.72. The first-order valence-corrected chi connectivity index (χ1v) is 8.49. The Bertz CT molecular complexity index is 781. The molecule has 1 saturated carbocycles. The van der Waals surface area contributed by atoms with E-state index < -0.39 is 0 Å². The molecule has 0 unspecified atom stereocenters. The summed E-state index contributed by atoms with van der Waals surface area (Å²) < 4.78 is 3.12. The highest BCUT2D eigenvalue weighted by Gasteiger charge is 2.37. The molecule has 22 heavy (non-hydrogen) atoms. The number of aromatic nitrogens is 2. The average Bonchev–Trinajstić information content (AvgIpc) is 3.27. The van der Waals surface area contributed by atoms with Gasteiger partial charge < -0.3 is 5.32 Å². The third kappa shape index (κ3) is 2.69. The first-order valence-electron chi connectivity index (χ1n) is 7.70. The summed E-state index contributed by atoms with van der Waals surface area (Å²) in [5, 5.41) is 3.56. The molecule has 3 aromatic rings. The standard InChI is InChI=1S/C18H18BrN3/c19-18-16(21-17-8-4-5-9-22(17)18)12-20-11-14-10-15(14)13-6-2-1-3-7-13/h1-9,14-15,20H,10-12H2/t14-,15-/m0/s1. The summed E-state index contributed by atoms with van der Waals surface area (Å²) in [6.45, 7) is 1.86. The Hall–Kier alpha value is -1.65. The summed E-state index contributed by atoms with van der Waals surface area (Å²) in [6, 6.07) is 16.9. The lowest BCUT2D eigenvalue weighted by Gasteiger charge is -2.03. The molecule has 2 atom stereocenters. The van der Waals surface area contributed by atoms with Gasteiger partial charge in [-0.2, -0.15) is 0 Å². The normalized spacial score (nSPS) is 20.4. The van der Waals surface area contributed by atoms with Crippen LogP contribution in [-0.4, -0.2) is 15.9 Å². The van der Waals surface area contributed by atoms with Gasteiger partial charge in [0.1, 0.15) is 10.3 Å². The van der Waals surface area contributed by atoms with E-state index in [4.69, 9.17) is 0 Å². The number of halogens is 1. The lowest BCUT2D eigenvalue weighted by atomic mass is 10.1. The molecule has 0 saturated heterocycles. The van der Waals surface area contributed by atoms with Gasteiger partial charge in [0.15, 0.2) is 0 Å². The largest absolute Gasteiger partial charge is 0.311 e. The Labute approximate surface area is 138 Å². The fourth-order valence-electron chi connectivity index (χ4n) is 3.08. The second-order valence-corrected chi connectivity index (χ2v) is 6.67. The number of imidazole rings is 1. The molecule has 112 valence electrons. The average molecular weight is 356 g/mol. The number of pyridine rings is 1. The van der Waals surface area contributed by atoms with Crippen LogP contribution in [0.25, 0.3) is 5.65 Å². The summed E-state index contributed by atoms with van der Waals surface area (Å²) in [4.78, 5) is 4.66. The van der Waals surface area contributed by atoms with Gasteiger partial charge in [-0.1, -0.05) is 36.4 Å². The summed E-state index contributed by atoms with van der Waals surface area (Å²) in [6.07, 6.45) is 3.32. The maximum Gasteiger partial charge on any atom is 0.137 e. The van der Waals surface area contributed by atoms with Gasteiger partial charge >= 0.3 is 0 Å². The molecule has 4 rings (SSSR count). The van der Waals surface area contributed by atoms with Crippen molar-refractivity contribution >= 4 is 21.6 Å². The van der Waals surface area contributed by atoms with Crippen LogP contribution in [0.15, 0.2) is 59.3 Å². The van der Waals surface area contributed by atoms with Crippen molar-refractivity contribution in [3.63, 3.8) is 0 Å². The van der Waals surface area contributed by atoms with E-state index in [0.717, 1.165) is 40.9 Å². The third-order valence-corrected chi connectivity index (χ3v) is 5.23. The molecule has 1 aromatic carbocycles. The molecule has 0 bridgehead atoms. The monoisotopic (exact) mass is 355 g/mol. The topological polar surface area (TPSA) is 29.3 Å². The highest BCUT2D eigenvalue weighted by Crippen LogP contribution is 2.46. The molecule has 4 heteroatoms. The zero-order valence-electron chi connectivity index (χ0n) is 12.2. The Morgan fingerprint density at radius 3 is 2.77 bits per heavy atom. The van der Waals surface area contributed by atoms with Crippen LogP contribution >= 0.6 is 15.9 Å². The van der Waals surface area contributed by atoms with Crippen molar-refractivity contribution in [1.29, 1.82) is 0 Å². The predicted octanol–water partition coefficient (Wildman–Crippen LogP) is 3.99. The summed E-state index contributed by atoms with van der Waals surface area (Å²) in [5.74, 6) is 1.50. The smallest absolute Gasteiger partial charge is 0.137 e. The van der Waals surface area contributed by atoms with Crippen LogP contribution in [0.1, 0.15) is 23.6 Å². The minimum Gasteiger partial charge on any atom is -0.311 e. The fourth-order valence-corrected chi connectivity index (χ4v) is 3.61. The van der Waals surface area contributed by atoms with Gasteiger partial charge in [-0.25, -0.2) is 4.98 Å². The van der Waals surface area contributed by atoms with Gasteiger partial charge in [0.05, 0.1) is 5.69 Å². The van der Waals surface area contributed by atoms with Gasteiger partial charge in [-0.3, -0.25) is 4.40 Å². The van der Waals surface area contributed by atoms with Gasteiger partial charge in [0, 0.05) is 12.7 Å². The van der Waals surface area contributed by atoms with Crippen LogP contribution in [0.4, 0.5) is 0 Å². The summed E-state index contributed by atoms with van der Waals surface area (Å²) >= 11 is 3.64. The van der Waals surface area contributed by atoms with Crippen molar-refractivity contribution in [3.05, 3.63) is 70.6 Å². The first kappa shape index (κ1) is 14.0. The van der Waals surface area contributed by atoms with E-state index in [0.29, 0.717) is 0 Å². The van der Waals surface area contributed by atoms with E-state index in [9.17, 15) is 0 Å². The van der Waals surface area contributed by atoms with E-state index in [1.165, 1.54) is 12.0 Å². The summed E-state index contributed by atoms with van der Waals surface area (Å²) in [7, 11) is 0. The molecular weight excluding hydrogens is 338 g/mol. The van der Waals surface area contributed by atoms with E-state index in [2.05, 4.69) is 61.0 Å². The molecule has 2 heterocycles. The molecular formula is C18H18BrN3. The number of fused-ring (bicyclic) bond motifs is 1. The van der Waals surface area contributed by atoms with Crippen LogP contribution in [-0.2, 0) is 6.54 Å². The molecule has 1 fully saturated rings. The summed E-state index contributed by atoms with van der Waals surface area (Å²) in [5.41, 5.74) is 3.53. The molecule has 1 N–H and O–H groups in total. The Balaban J connectivity index is 1.35. The fraction of sp³-hybridized carbons (Fsp3) is 0.278. The minimum atomic E-state index is 0.734. The van der Waals surface area contributed by atoms with Crippen molar-refractivity contribution in [2.45, 2.75) is 18.9 Å². The van der Waals surface area contributed by atoms with Crippen molar-refractivity contribution < 1.29 is 0 Å². The van der Waals surface area contributed by atoms with E-state index >= 15 is 0 Å². The van der Waals surface area contributed by atoms with Crippen LogP contribution in [0.2, 0.25) is 0 Å². The van der Waals surface area contributed by atoms with Crippen molar-refractivity contribution in [2.24, 2.45) is 5.92 Å². The molecule has 2 aromatic heterocycles. The van der Waals surface area contributed by atoms with E-state index in [-0.39, 0.29) is 0 Å². The van der Waals surface area contributed by atoms with Crippen LogP contribution in [0.3, 0.4) is 0 Å². The number of hydrogen-bond donors (Lipinski definition) is 1. The highest BCUT2D eigenvalue weighted by atomic mass is 79.9. The molecule has 1 aliphatic rings. The number of nitrogens with one attached hydrogen (secondary N) is 1. The zero-order valence-corrected chi connectivity index (χ0v) is 13.8. The quantitative estimate of drug-likeness (QED) is 0.749. The molecule has 1 aliphatic carbocycles. The van der Waals surface area contributed by atoms with E-state index in [1.54, 1.807) is 0 Å². The van der Waals surface area contributed by atoms with Crippen LogP contribution in [0.5, 0.6) is 0 Å². The van der Waals surface area contributed by atoms with Gasteiger partial charge in [0.2, 0.25) is 0 Å². The molecule has 0 amide bonds.